The highest BCUT2D eigenvalue weighted by atomic mass is 32.2. The van der Waals surface area contributed by atoms with Crippen LogP contribution in [0.15, 0.2) is 50.5 Å². The molecule has 162 valence electrons. The van der Waals surface area contributed by atoms with Crippen molar-refractivity contribution in [3.63, 3.8) is 0 Å². The highest BCUT2D eigenvalue weighted by Crippen LogP contribution is 2.16. The van der Waals surface area contributed by atoms with E-state index >= 15 is 0 Å². The molecule has 3 aromatic heterocycles. The molecule has 0 spiro atoms. The minimum atomic E-state index is -3.61. The summed E-state index contributed by atoms with van der Waals surface area (Å²) in [6, 6.07) is 8.71. The molecule has 4 rings (SSSR count). The standard InChI is InChI=1S/C19H20N6O4S2/c1-3-24-11-20-17-16(24)18(26)22-19(27)25(17)10-14-6-4-13(5-7-14)9-21-31(28,29)15-8-12(2)23-30-15/h4-8,11,21H,3,9-10H2,1-2H3,(H,22,26,27). The number of rotatable bonds is 7. The maximum Gasteiger partial charge on any atom is 0.330 e. The van der Waals surface area contributed by atoms with Crippen LogP contribution in [0, 0.1) is 6.92 Å². The second kappa shape index (κ2) is 8.21. The van der Waals surface area contributed by atoms with Gasteiger partial charge in [-0.3, -0.25) is 14.3 Å². The van der Waals surface area contributed by atoms with Gasteiger partial charge in [0.15, 0.2) is 15.4 Å². The molecule has 4 aromatic rings. The predicted molar refractivity (Wildman–Crippen MR) is 117 cm³/mol. The quantitative estimate of drug-likeness (QED) is 0.426. The lowest BCUT2D eigenvalue weighted by Gasteiger charge is -2.09. The third-order valence-corrected chi connectivity index (χ3v) is 7.53. The molecular formula is C19H20N6O4S2. The van der Waals surface area contributed by atoms with Crippen molar-refractivity contribution < 1.29 is 8.42 Å². The molecule has 1 aromatic carbocycles. The molecule has 12 heteroatoms. The third-order valence-electron chi connectivity index (χ3n) is 4.80. The fourth-order valence-corrected chi connectivity index (χ4v) is 5.18. The Morgan fingerprint density at radius 1 is 1.16 bits per heavy atom. The molecule has 0 aliphatic heterocycles. The van der Waals surface area contributed by atoms with E-state index in [-0.39, 0.29) is 17.3 Å². The van der Waals surface area contributed by atoms with E-state index in [9.17, 15) is 18.0 Å². The van der Waals surface area contributed by atoms with E-state index in [1.54, 1.807) is 35.8 Å². The summed E-state index contributed by atoms with van der Waals surface area (Å²) in [7, 11) is -3.61. The Hall–Kier alpha value is -3.09. The van der Waals surface area contributed by atoms with Crippen molar-refractivity contribution >= 4 is 32.7 Å². The second-order valence-electron chi connectivity index (χ2n) is 6.98. The summed E-state index contributed by atoms with van der Waals surface area (Å²) in [6.45, 7) is 4.54. The number of sulfonamides is 1. The van der Waals surface area contributed by atoms with Gasteiger partial charge < -0.3 is 4.57 Å². The molecule has 0 unspecified atom stereocenters. The van der Waals surface area contributed by atoms with E-state index in [0.29, 0.717) is 23.4 Å². The lowest BCUT2D eigenvalue weighted by atomic mass is 10.1. The number of aromatic amines is 1. The van der Waals surface area contributed by atoms with Gasteiger partial charge in [-0.1, -0.05) is 24.3 Å². The van der Waals surface area contributed by atoms with Crippen LogP contribution in [-0.2, 0) is 29.7 Å². The zero-order valence-electron chi connectivity index (χ0n) is 16.8. The van der Waals surface area contributed by atoms with Gasteiger partial charge in [-0.25, -0.2) is 22.9 Å². The normalized spacial score (nSPS) is 11.9. The zero-order chi connectivity index (χ0) is 22.2. The van der Waals surface area contributed by atoms with E-state index in [4.69, 9.17) is 0 Å². The number of fused-ring (bicyclic) bond motifs is 1. The minimum absolute atomic E-state index is 0.128. The number of hydrogen-bond acceptors (Lipinski definition) is 7. The largest absolute Gasteiger partial charge is 0.330 e. The Kier molecular flexibility index (Phi) is 5.60. The Balaban J connectivity index is 1.53. The maximum atomic E-state index is 12.3. The number of aromatic nitrogens is 5. The van der Waals surface area contributed by atoms with Crippen LogP contribution >= 0.6 is 11.5 Å². The summed E-state index contributed by atoms with van der Waals surface area (Å²) in [5.74, 6) is 0. The molecule has 10 nitrogen and oxygen atoms in total. The van der Waals surface area contributed by atoms with Gasteiger partial charge >= 0.3 is 5.69 Å². The summed E-state index contributed by atoms with van der Waals surface area (Å²) in [6.07, 6.45) is 1.54. The first-order valence-corrected chi connectivity index (χ1v) is 11.7. The molecule has 0 saturated heterocycles. The Bertz CT molecular complexity index is 1460. The number of aryl methyl sites for hydroxylation is 2. The average molecular weight is 461 g/mol. The number of nitrogens with zero attached hydrogens (tertiary/aromatic N) is 4. The van der Waals surface area contributed by atoms with Crippen LogP contribution in [-0.4, -0.2) is 31.9 Å². The van der Waals surface area contributed by atoms with E-state index in [2.05, 4.69) is 19.1 Å². The van der Waals surface area contributed by atoms with E-state index in [1.807, 2.05) is 6.92 Å². The van der Waals surface area contributed by atoms with Crippen LogP contribution in [0.3, 0.4) is 0 Å². The first kappa shape index (κ1) is 21.2. The summed E-state index contributed by atoms with van der Waals surface area (Å²) in [5, 5.41) is 0. The lowest BCUT2D eigenvalue weighted by Crippen LogP contribution is -2.31. The topological polar surface area (TPSA) is 132 Å². The predicted octanol–water partition coefficient (Wildman–Crippen LogP) is 1.20. The van der Waals surface area contributed by atoms with Crippen molar-refractivity contribution in [1.82, 2.24) is 28.2 Å². The highest BCUT2D eigenvalue weighted by molar-refractivity contribution is 7.91. The molecule has 3 heterocycles. The number of nitrogens with one attached hydrogen (secondary N) is 2. The first-order chi connectivity index (χ1) is 14.8. The highest BCUT2D eigenvalue weighted by Gasteiger charge is 2.17. The Morgan fingerprint density at radius 3 is 2.52 bits per heavy atom. The molecule has 0 amide bonds. The van der Waals surface area contributed by atoms with Crippen molar-refractivity contribution in [1.29, 1.82) is 0 Å². The minimum Gasteiger partial charge on any atom is -0.325 e. The first-order valence-electron chi connectivity index (χ1n) is 9.47. The van der Waals surface area contributed by atoms with E-state index in [1.165, 1.54) is 17.0 Å². The zero-order valence-corrected chi connectivity index (χ0v) is 18.5. The molecule has 31 heavy (non-hydrogen) atoms. The number of H-pyrrole nitrogens is 1. The molecule has 2 N–H and O–H groups in total. The van der Waals surface area contributed by atoms with Gasteiger partial charge in [0.05, 0.1) is 18.6 Å². The van der Waals surface area contributed by atoms with E-state index in [0.717, 1.165) is 22.7 Å². The lowest BCUT2D eigenvalue weighted by molar-refractivity contribution is 0.583. The number of benzene rings is 1. The van der Waals surface area contributed by atoms with Crippen molar-refractivity contribution in [2.75, 3.05) is 0 Å². The monoisotopic (exact) mass is 460 g/mol. The third kappa shape index (κ3) is 4.22. The average Bonchev–Trinajstić information content (AvgIpc) is 3.37. The van der Waals surface area contributed by atoms with Crippen LogP contribution in [0.25, 0.3) is 11.2 Å². The summed E-state index contributed by atoms with van der Waals surface area (Å²) in [4.78, 5) is 31.1. The summed E-state index contributed by atoms with van der Waals surface area (Å²) >= 11 is 0.936. The van der Waals surface area contributed by atoms with Crippen LogP contribution in [0.1, 0.15) is 23.7 Å². The summed E-state index contributed by atoms with van der Waals surface area (Å²) < 4.78 is 34.5. The van der Waals surface area contributed by atoms with Crippen molar-refractivity contribution in [2.45, 2.75) is 37.7 Å². The van der Waals surface area contributed by atoms with Gasteiger partial charge in [-0.2, -0.15) is 4.37 Å². The van der Waals surface area contributed by atoms with E-state index < -0.39 is 21.3 Å². The molecule has 0 atom stereocenters. The van der Waals surface area contributed by atoms with Gasteiger partial charge in [0, 0.05) is 13.1 Å². The second-order valence-corrected chi connectivity index (χ2v) is 9.78. The fraction of sp³-hybridized carbons (Fsp3) is 0.263. The van der Waals surface area contributed by atoms with Gasteiger partial charge in [0.2, 0.25) is 0 Å². The van der Waals surface area contributed by atoms with Crippen LogP contribution < -0.4 is 16.0 Å². The fourth-order valence-electron chi connectivity index (χ4n) is 3.17. The molecule has 0 saturated carbocycles. The summed E-state index contributed by atoms with van der Waals surface area (Å²) in [5.41, 5.74) is 1.92. The van der Waals surface area contributed by atoms with Gasteiger partial charge in [-0.15, -0.1) is 0 Å². The van der Waals surface area contributed by atoms with Crippen molar-refractivity contribution in [3.05, 3.63) is 74.3 Å². The molecule has 0 aliphatic rings. The Labute approximate surface area is 181 Å². The van der Waals surface area contributed by atoms with Crippen molar-refractivity contribution in [3.8, 4) is 0 Å². The van der Waals surface area contributed by atoms with Crippen LogP contribution in [0.2, 0.25) is 0 Å². The van der Waals surface area contributed by atoms with Gasteiger partial charge in [0.1, 0.15) is 0 Å². The van der Waals surface area contributed by atoms with Crippen LogP contribution in [0.5, 0.6) is 0 Å². The Morgan fingerprint density at radius 2 is 1.87 bits per heavy atom. The maximum absolute atomic E-state index is 12.3. The molecule has 0 radical (unpaired) electrons. The van der Waals surface area contributed by atoms with Gasteiger partial charge in [0.25, 0.3) is 15.6 Å². The van der Waals surface area contributed by atoms with Crippen molar-refractivity contribution in [2.24, 2.45) is 0 Å². The van der Waals surface area contributed by atoms with Crippen LogP contribution in [0.4, 0.5) is 0 Å². The molecular weight excluding hydrogens is 440 g/mol. The molecule has 0 fully saturated rings. The molecule has 0 aliphatic carbocycles. The smallest absolute Gasteiger partial charge is 0.325 e. The molecule has 0 bridgehead atoms. The number of imidazole rings is 1. The number of hydrogen-bond donors (Lipinski definition) is 2. The van der Waals surface area contributed by atoms with Gasteiger partial charge in [-0.05, 0) is 42.6 Å². The SMILES string of the molecule is CCn1cnc2c1c(=O)[nH]c(=O)n2Cc1ccc(CNS(=O)(=O)c2cc(C)ns2)cc1.